The summed E-state index contributed by atoms with van der Waals surface area (Å²) in [6.45, 7) is 14.7. The molecule has 0 saturated carbocycles. The van der Waals surface area contributed by atoms with Crippen LogP contribution in [0.1, 0.15) is 29.3 Å². The number of nitrogens with one attached hydrogen (secondary N) is 1. The summed E-state index contributed by atoms with van der Waals surface area (Å²) in [4.78, 5) is 18.5. The number of rotatable bonds is 8. The van der Waals surface area contributed by atoms with E-state index < -0.39 is 0 Å². The van der Waals surface area contributed by atoms with E-state index in [-0.39, 0.29) is 5.56 Å². The van der Waals surface area contributed by atoms with E-state index in [0.717, 1.165) is 28.6 Å². The quantitative estimate of drug-likeness (QED) is 0.151. The van der Waals surface area contributed by atoms with Gasteiger partial charge in [0, 0.05) is 23.5 Å². The fourth-order valence-electron chi connectivity index (χ4n) is 5.45. The fourth-order valence-corrected chi connectivity index (χ4v) is 9.00. The Morgan fingerprint density at radius 3 is 2.28 bits per heavy atom. The Kier molecular flexibility index (Phi) is 8.34. The summed E-state index contributed by atoms with van der Waals surface area (Å²) in [5.41, 5.74) is 6.03. The Labute approximate surface area is 264 Å². The van der Waals surface area contributed by atoms with Gasteiger partial charge in [0.1, 0.15) is 26.9 Å². The number of nitrogens with zero attached hydrogens (tertiary/aromatic N) is 3. The van der Waals surface area contributed by atoms with Crippen molar-refractivity contribution < 1.29 is 4.57 Å². The summed E-state index contributed by atoms with van der Waals surface area (Å²) in [5.74, 6) is 1.00. The Morgan fingerprint density at radius 2 is 1.63 bits per heavy atom. The lowest BCUT2D eigenvalue weighted by atomic mass is 10.1. The molecule has 0 saturated heterocycles. The molecule has 0 amide bonds. The minimum Gasteiger partial charge on any atom is -0.339 e. The van der Waals surface area contributed by atoms with Crippen LogP contribution in [0.5, 0.6) is 0 Å². The molecule has 4 heterocycles. The third-order valence-electron chi connectivity index (χ3n) is 7.72. The Bertz CT molecular complexity index is 2010. The minimum atomic E-state index is 0.00186. The topological polar surface area (TPSA) is 41.2 Å². The molecule has 0 aliphatic carbocycles. The fraction of sp³-hybridized carbons (Fsp3) is 0.200. The predicted octanol–water partition coefficient (Wildman–Crippen LogP) is 6.88. The highest BCUT2D eigenvalue weighted by molar-refractivity contribution is 7.17. The summed E-state index contributed by atoms with van der Waals surface area (Å²) < 4.78 is 5.80. The van der Waals surface area contributed by atoms with E-state index in [1.807, 2.05) is 28.1 Å². The van der Waals surface area contributed by atoms with Gasteiger partial charge in [-0.1, -0.05) is 65.9 Å². The Morgan fingerprint density at radius 1 is 0.930 bits per heavy atom. The molecule has 1 aliphatic heterocycles. The highest BCUT2D eigenvalue weighted by atomic mass is 32.1. The van der Waals surface area contributed by atoms with Crippen LogP contribution < -0.4 is 29.5 Å². The minimum absolute atomic E-state index is 0.00186. The van der Waals surface area contributed by atoms with Gasteiger partial charge in [-0.2, -0.15) is 4.57 Å². The summed E-state index contributed by atoms with van der Waals surface area (Å²) in [5, 5.41) is 5.94. The number of anilines is 2. The molecule has 1 aliphatic rings. The lowest BCUT2D eigenvalue weighted by molar-refractivity contribution is -0.679. The Balaban J connectivity index is 1.50. The van der Waals surface area contributed by atoms with E-state index >= 15 is 0 Å². The third-order valence-corrected chi connectivity index (χ3v) is 11.2. The van der Waals surface area contributed by atoms with Crippen LogP contribution in [0.3, 0.4) is 0 Å². The number of hydrogen-bond donors (Lipinski definition) is 1. The van der Waals surface area contributed by atoms with Gasteiger partial charge in [0.05, 0.1) is 16.3 Å². The molecule has 8 heteroatoms. The zero-order chi connectivity index (χ0) is 30.1. The van der Waals surface area contributed by atoms with Crippen LogP contribution in [-0.2, 0) is 13.1 Å². The second-order valence-corrected chi connectivity index (χ2v) is 13.6. The number of aromatic nitrogens is 2. The number of thiophene rings is 1. The van der Waals surface area contributed by atoms with E-state index in [1.165, 1.54) is 54.2 Å². The lowest BCUT2D eigenvalue weighted by Gasteiger charge is -2.16. The largest absolute Gasteiger partial charge is 0.339 e. The molecule has 5 aromatic rings. The molecule has 43 heavy (non-hydrogen) atoms. The van der Waals surface area contributed by atoms with Crippen LogP contribution in [0.15, 0.2) is 90.0 Å². The summed E-state index contributed by atoms with van der Waals surface area (Å²) in [6, 6.07) is 21.1. The van der Waals surface area contributed by atoms with Crippen molar-refractivity contribution in [2.45, 2.75) is 40.8 Å². The van der Waals surface area contributed by atoms with Crippen molar-refractivity contribution in [1.29, 1.82) is 0 Å². The maximum Gasteiger partial charge on any atom is 0.269 e. The number of fused-ring (bicyclic) bond motifs is 1. The molecule has 0 atom stereocenters. The van der Waals surface area contributed by atoms with E-state index in [2.05, 4.69) is 116 Å². The van der Waals surface area contributed by atoms with Crippen molar-refractivity contribution in [3.8, 4) is 21.7 Å². The monoisotopic (exact) mass is 623 g/mol. The van der Waals surface area contributed by atoms with Gasteiger partial charge in [-0.25, -0.2) is 0 Å². The van der Waals surface area contributed by atoms with Gasteiger partial charge >= 0.3 is 0 Å². The van der Waals surface area contributed by atoms with Gasteiger partial charge in [0.25, 0.3) is 10.6 Å². The average molecular weight is 624 g/mol. The second-order valence-electron chi connectivity index (χ2n) is 10.3. The van der Waals surface area contributed by atoms with Gasteiger partial charge in [0.15, 0.2) is 0 Å². The van der Waals surface area contributed by atoms with E-state index in [4.69, 9.17) is 0 Å². The second kappa shape index (κ2) is 12.3. The molecule has 2 aromatic carbocycles. The number of allylic oxidation sites excluding steroid dienone is 2. The predicted molar refractivity (Wildman–Crippen MR) is 186 cm³/mol. The zero-order valence-electron chi connectivity index (χ0n) is 24.9. The van der Waals surface area contributed by atoms with Crippen molar-refractivity contribution in [2.75, 3.05) is 16.8 Å². The molecule has 0 unspecified atom stereocenters. The van der Waals surface area contributed by atoms with Crippen molar-refractivity contribution >= 4 is 56.9 Å². The SMILES string of the molecule is C=CCn1c(=O)/c(=C\C=C2/Nc3c(sc(C)c3C)N2CC)s/c1=C\c1sc(-c2ccccc2)c(-c2ccccc2)[n+]1CC. The maximum absolute atomic E-state index is 13.7. The van der Waals surface area contributed by atoms with E-state index in [9.17, 15) is 4.79 Å². The molecular formula is C35H35N4OS3+. The highest BCUT2D eigenvalue weighted by Crippen LogP contribution is 2.46. The van der Waals surface area contributed by atoms with Crippen molar-refractivity contribution in [1.82, 2.24) is 4.57 Å². The Hall–Kier alpha value is -3.98. The molecule has 1 N–H and O–H groups in total. The smallest absolute Gasteiger partial charge is 0.269 e. The molecule has 218 valence electrons. The maximum atomic E-state index is 13.7. The lowest BCUT2D eigenvalue weighted by Crippen LogP contribution is -2.37. The third kappa shape index (κ3) is 5.35. The highest BCUT2D eigenvalue weighted by Gasteiger charge is 2.28. The normalized spacial score (nSPS) is 14.5. The number of aryl methyl sites for hydroxylation is 1. The van der Waals surface area contributed by atoms with Crippen molar-refractivity contribution in [3.63, 3.8) is 0 Å². The van der Waals surface area contributed by atoms with Crippen LogP contribution in [0.25, 0.3) is 33.9 Å². The molecule has 6 rings (SSSR count). The molecule has 0 fully saturated rings. The molecule has 0 bridgehead atoms. The van der Waals surface area contributed by atoms with Crippen LogP contribution in [0.2, 0.25) is 0 Å². The first kappa shape index (κ1) is 29.1. The van der Waals surface area contributed by atoms with E-state index in [1.54, 1.807) is 17.4 Å². The zero-order valence-corrected chi connectivity index (χ0v) is 27.3. The first-order valence-electron chi connectivity index (χ1n) is 14.5. The van der Waals surface area contributed by atoms with Gasteiger partial charge in [-0.05, 0) is 63.1 Å². The molecule has 0 radical (unpaired) electrons. The molecule has 5 nitrogen and oxygen atoms in total. The van der Waals surface area contributed by atoms with Gasteiger partial charge in [0.2, 0.25) is 5.69 Å². The van der Waals surface area contributed by atoms with Crippen LogP contribution in [0.4, 0.5) is 10.7 Å². The number of benzene rings is 2. The van der Waals surface area contributed by atoms with Crippen molar-refractivity contribution in [3.05, 3.63) is 120 Å². The van der Waals surface area contributed by atoms with Gasteiger partial charge in [-0.15, -0.1) is 29.3 Å². The molecular weight excluding hydrogens is 589 g/mol. The first-order valence-corrected chi connectivity index (χ1v) is 17.0. The van der Waals surface area contributed by atoms with Crippen LogP contribution >= 0.6 is 34.0 Å². The van der Waals surface area contributed by atoms with Crippen LogP contribution in [0, 0.1) is 13.8 Å². The number of thiazole rings is 2. The summed E-state index contributed by atoms with van der Waals surface area (Å²) in [6.07, 6.45) is 7.96. The van der Waals surface area contributed by atoms with Gasteiger partial charge < -0.3 is 10.2 Å². The standard InChI is InChI=1S/C35H34N4OS3/c1-6-21-39-30(42-27(34(39)40)19-20-28-36-31-23(4)24(5)41-35(31)37(28)7-2)22-29-38(8-3)32(25-15-11-9-12-16-25)33(43-29)26-17-13-10-14-18-26/h6,9-20,22H,1,7-8,21H2,2-5H3/p+1. The number of hydrogen-bond acceptors (Lipinski definition) is 6. The molecule has 3 aromatic heterocycles. The van der Waals surface area contributed by atoms with Gasteiger partial charge in [-0.3, -0.25) is 9.36 Å². The summed E-state index contributed by atoms with van der Waals surface area (Å²) in [7, 11) is 0. The van der Waals surface area contributed by atoms with E-state index in [0.29, 0.717) is 11.1 Å². The summed E-state index contributed by atoms with van der Waals surface area (Å²) >= 11 is 5.10. The average Bonchev–Trinajstić information content (AvgIpc) is 3.74. The van der Waals surface area contributed by atoms with Crippen LogP contribution in [-0.4, -0.2) is 11.1 Å². The van der Waals surface area contributed by atoms with Crippen molar-refractivity contribution in [2.24, 2.45) is 0 Å². The first-order chi connectivity index (χ1) is 20.9. The molecule has 0 spiro atoms.